The number of nitrogens with one attached hydrogen (secondary N) is 1. The van der Waals surface area contributed by atoms with E-state index in [0.717, 1.165) is 12.8 Å². The highest BCUT2D eigenvalue weighted by Crippen LogP contribution is 2.27. The third-order valence-corrected chi connectivity index (χ3v) is 3.46. The molecule has 3 N–H and O–H groups in total. The van der Waals surface area contributed by atoms with Gasteiger partial charge in [-0.1, -0.05) is 30.3 Å². The van der Waals surface area contributed by atoms with Gasteiger partial charge in [0.25, 0.3) is 0 Å². The second kappa shape index (κ2) is 4.33. The van der Waals surface area contributed by atoms with Crippen LogP contribution >= 0.6 is 0 Å². The zero-order valence-corrected chi connectivity index (χ0v) is 9.99. The standard InChI is InChI=1S/C15H15FN2/c16-13-6-3-7-14(15(13)17)18-12-8-10-4-1-2-5-11(10)9-12/h1-7,12,18H,8-9,17H2. The van der Waals surface area contributed by atoms with Crippen LogP contribution in [-0.4, -0.2) is 6.04 Å². The number of halogens is 1. The molecule has 0 spiro atoms. The number of para-hydroxylation sites is 1. The van der Waals surface area contributed by atoms with Gasteiger partial charge in [-0.15, -0.1) is 0 Å². The molecule has 0 atom stereocenters. The van der Waals surface area contributed by atoms with Gasteiger partial charge < -0.3 is 11.1 Å². The third-order valence-electron chi connectivity index (χ3n) is 3.46. The van der Waals surface area contributed by atoms with Crippen molar-refractivity contribution in [2.24, 2.45) is 0 Å². The number of nitrogens with two attached hydrogens (primary N) is 1. The Labute approximate surface area is 106 Å². The van der Waals surface area contributed by atoms with Crippen molar-refractivity contribution in [2.45, 2.75) is 18.9 Å². The number of benzene rings is 2. The Bertz CT molecular complexity index is 555. The van der Waals surface area contributed by atoms with Crippen molar-refractivity contribution < 1.29 is 4.39 Å². The molecule has 1 aliphatic rings. The van der Waals surface area contributed by atoms with E-state index in [1.54, 1.807) is 6.07 Å². The summed E-state index contributed by atoms with van der Waals surface area (Å²) in [4.78, 5) is 0. The van der Waals surface area contributed by atoms with Crippen LogP contribution in [0.25, 0.3) is 0 Å². The highest BCUT2D eigenvalue weighted by atomic mass is 19.1. The summed E-state index contributed by atoms with van der Waals surface area (Å²) in [5.41, 5.74) is 9.35. The van der Waals surface area contributed by atoms with Crippen molar-refractivity contribution in [3.8, 4) is 0 Å². The summed E-state index contributed by atoms with van der Waals surface area (Å²) < 4.78 is 13.4. The minimum Gasteiger partial charge on any atom is -0.395 e. The van der Waals surface area contributed by atoms with Crippen molar-refractivity contribution in [2.75, 3.05) is 11.1 Å². The lowest BCUT2D eigenvalue weighted by molar-refractivity contribution is 0.632. The second-order valence-corrected chi connectivity index (χ2v) is 4.72. The van der Waals surface area contributed by atoms with E-state index in [1.807, 2.05) is 6.07 Å². The van der Waals surface area contributed by atoms with Crippen molar-refractivity contribution in [1.82, 2.24) is 0 Å². The van der Waals surface area contributed by atoms with E-state index in [2.05, 4.69) is 29.6 Å². The fourth-order valence-electron chi connectivity index (χ4n) is 2.54. The quantitative estimate of drug-likeness (QED) is 0.794. The number of anilines is 2. The second-order valence-electron chi connectivity index (χ2n) is 4.72. The van der Waals surface area contributed by atoms with Crippen LogP contribution < -0.4 is 11.1 Å². The minimum absolute atomic E-state index is 0.202. The molecule has 0 aromatic heterocycles. The molecule has 1 aliphatic carbocycles. The first kappa shape index (κ1) is 11.1. The van der Waals surface area contributed by atoms with Gasteiger partial charge in [0.05, 0.1) is 11.4 Å². The maximum Gasteiger partial charge on any atom is 0.148 e. The molecule has 3 heteroatoms. The Morgan fingerprint density at radius 2 is 1.67 bits per heavy atom. The molecular formula is C15H15FN2. The predicted octanol–water partition coefficient (Wildman–Crippen LogP) is 2.99. The molecule has 0 saturated heterocycles. The van der Waals surface area contributed by atoms with Gasteiger partial charge in [-0.05, 0) is 36.1 Å². The van der Waals surface area contributed by atoms with Gasteiger partial charge in [0.1, 0.15) is 5.82 Å². The van der Waals surface area contributed by atoms with Crippen molar-refractivity contribution in [3.05, 3.63) is 59.4 Å². The Morgan fingerprint density at radius 1 is 1.00 bits per heavy atom. The Kier molecular flexibility index (Phi) is 2.67. The van der Waals surface area contributed by atoms with Gasteiger partial charge in [0.15, 0.2) is 0 Å². The van der Waals surface area contributed by atoms with Gasteiger partial charge in [-0.25, -0.2) is 4.39 Å². The maximum absolute atomic E-state index is 13.4. The molecule has 0 unspecified atom stereocenters. The van der Waals surface area contributed by atoms with Crippen LogP contribution in [0, 0.1) is 5.82 Å². The van der Waals surface area contributed by atoms with Crippen LogP contribution in [0.2, 0.25) is 0 Å². The number of fused-ring (bicyclic) bond motifs is 1. The number of hydrogen-bond donors (Lipinski definition) is 2. The lowest BCUT2D eigenvalue weighted by atomic mass is 10.1. The number of nitrogen functional groups attached to an aromatic ring is 1. The lowest BCUT2D eigenvalue weighted by Gasteiger charge is -2.15. The molecule has 2 nitrogen and oxygen atoms in total. The maximum atomic E-state index is 13.4. The highest BCUT2D eigenvalue weighted by Gasteiger charge is 2.21. The molecule has 0 fully saturated rings. The van der Waals surface area contributed by atoms with Crippen LogP contribution in [0.4, 0.5) is 15.8 Å². The average Bonchev–Trinajstić information content (AvgIpc) is 2.77. The van der Waals surface area contributed by atoms with Gasteiger partial charge in [-0.2, -0.15) is 0 Å². The first-order chi connectivity index (χ1) is 8.74. The summed E-state index contributed by atoms with van der Waals surface area (Å²) in [5.74, 6) is -0.365. The predicted molar refractivity (Wildman–Crippen MR) is 72.1 cm³/mol. The minimum atomic E-state index is -0.365. The SMILES string of the molecule is Nc1c(F)cccc1NC1Cc2ccccc2C1. The molecule has 3 rings (SSSR count). The first-order valence-electron chi connectivity index (χ1n) is 6.11. The molecule has 0 saturated carbocycles. The summed E-state index contributed by atoms with van der Waals surface area (Å²) in [6.45, 7) is 0. The molecule has 0 heterocycles. The summed E-state index contributed by atoms with van der Waals surface area (Å²) in [5, 5.41) is 3.33. The van der Waals surface area contributed by atoms with Crippen molar-refractivity contribution in [1.29, 1.82) is 0 Å². The van der Waals surface area contributed by atoms with Crippen LogP contribution in [0.1, 0.15) is 11.1 Å². The molecule has 2 aromatic rings. The van der Waals surface area contributed by atoms with E-state index in [-0.39, 0.29) is 11.5 Å². The van der Waals surface area contributed by atoms with E-state index in [0.29, 0.717) is 11.7 Å². The molecule has 92 valence electrons. The van der Waals surface area contributed by atoms with E-state index in [4.69, 9.17) is 5.73 Å². The van der Waals surface area contributed by atoms with Gasteiger partial charge in [0, 0.05) is 6.04 Å². The lowest BCUT2D eigenvalue weighted by Crippen LogP contribution is -2.20. The first-order valence-corrected chi connectivity index (χ1v) is 6.11. The Hall–Kier alpha value is -2.03. The van der Waals surface area contributed by atoms with Crippen LogP contribution in [-0.2, 0) is 12.8 Å². The molecule has 2 aromatic carbocycles. The summed E-state index contributed by atoms with van der Waals surface area (Å²) in [6.07, 6.45) is 1.93. The summed E-state index contributed by atoms with van der Waals surface area (Å²) in [7, 11) is 0. The summed E-state index contributed by atoms with van der Waals surface area (Å²) >= 11 is 0. The largest absolute Gasteiger partial charge is 0.395 e. The molecular weight excluding hydrogens is 227 g/mol. The van der Waals surface area contributed by atoms with Crippen LogP contribution in [0.3, 0.4) is 0 Å². The van der Waals surface area contributed by atoms with Crippen molar-refractivity contribution >= 4 is 11.4 Å². The normalized spacial score (nSPS) is 14.5. The Morgan fingerprint density at radius 3 is 2.33 bits per heavy atom. The fourth-order valence-corrected chi connectivity index (χ4v) is 2.54. The monoisotopic (exact) mass is 242 g/mol. The fraction of sp³-hybridized carbons (Fsp3) is 0.200. The van der Waals surface area contributed by atoms with Crippen LogP contribution in [0.5, 0.6) is 0 Å². The molecule has 18 heavy (non-hydrogen) atoms. The zero-order valence-electron chi connectivity index (χ0n) is 9.99. The number of hydrogen-bond acceptors (Lipinski definition) is 2. The average molecular weight is 242 g/mol. The van der Waals surface area contributed by atoms with E-state index < -0.39 is 0 Å². The molecule has 0 aliphatic heterocycles. The zero-order chi connectivity index (χ0) is 12.5. The Balaban J connectivity index is 1.78. The number of rotatable bonds is 2. The molecule has 0 bridgehead atoms. The smallest absolute Gasteiger partial charge is 0.148 e. The van der Waals surface area contributed by atoms with Crippen LogP contribution in [0.15, 0.2) is 42.5 Å². The van der Waals surface area contributed by atoms with Crippen molar-refractivity contribution in [3.63, 3.8) is 0 Å². The van der Waals surface area contributed by atoms with E-state index in [1.165, 1.54) is 17.2 Å². The highest BCUT2D eigenvalue weighted by molar-refractivity contribution is 5.67. The molecule has 0 amide bonds. The topological polar surface area (TPSA) is 38.0 Å². The van der Waals surface area contributed by atoms with E-state index in [9.17, 15) is 4.39 Å². The van der Waals surface area contributed by atoms with Gasteiger partial charge >= 0.3 is 0 Å². The third kappa shape index (κ3) is 1.92. The molecule has 0 radical (unpaired) electrons. The van der Waals surface area contributed by atoms with Gasteiger partial charge in [0.2, 0.25) is 0 Å². The summed E-state index contributed by atoms with van der Waals surface area (Å²) in [6, 6.07) is 13.6. The van der Waals surface area contributed by atoms with E-state index >= 15 is 0 Å². The van der Waals surface area contributed by atoms with Gasteiger partial charge in [-0.3, -0.25) is 0 Å².